The van der Waals surface area contributed by atoms with Crippen molar-refractivity contribution in [1.82, 2.24) is 4.90 Å². The molecule has 1 unspecified atom stereocenters. The quantitative estimate of drug-likeness (QED) is 0.358. The summed E-state index contributed by atoms with van der Waals surface area (Å²) in [5, 5.41) is 0. The summed E-state index contributed by atoms with van der Waals surface area (Å²) in [6, 6.07) is 0. The van der Waals surface area contributed by atoms with E-state index in [1.165, 1.54) is 58.0 Å². The summed E-state index contributed by atoms with van der Waals surface area (Å²) in [7, 11) is 2.24. The van der Waals surface area contributed by atoms with Crippen molar-refractivity contribution in [3.05, 3.63) is 11.6 Å². The maximum absolute atomic E-state index is 2.46. The van der Waals surface area contributed by atoms with Gasteiger partial charge in [-0.15, -0.1) is 0 Å². The third-order valence-electron chi connectivity index (χ3n) is 3.56. The summed E-state index contributed by atoms with van der Waals surface area (Å²) in [5.74, 6) is 0.820. The van der Waals surface area contributed by atoms with Gasteiger partial charge in [-0.2, -0.15) is 0 Å². The minimum atomic E-state index is 0.820. The van der Waals surface area contributed by atoms with E-state index >= 15 is 0 Å². The van der Waals surface area contributed by atoms with Crippen LogP contribution in [0.1, 0.15) is 72.6 Å². The second-order valence-electron chi connectivity index (χ2n) is 5.95. The molecule has 0 bridgehead atoms. The Labute approximate surface area is 116 Å². The van der Waals surface area contributed by atoms with Gasteiger partial charge in [-0.1, -0.05) is 45.3 Å². The normalized spacial score (nSPS) is 14.2. The van der Waals surface area contributed by atoms with E-state index in [-0.39, 0.29) is 0 Å². The van der Waals surface area contributed by atoms with E-state index in [1.54, 1.807) is 5.57 Å². The van der Waals surface area contributed by atoms with Crippen LogP contribution in [-0.4, -0.2) is 25.0 Å². The summed E-state index contributed by atoms with van der Waals surface area (Å²) in [5.41, 5.74) is 1.59. The fourth-order valence-electron chi connectivity index (χ4n) is 2.42. The molecular weight excluding hydrogens is 218 g/mol. The summed E-state index contributed by atoms with van der Waals surface area (Å²) >= 11 is 0. The Balaban J connectivity index is 3.66. The van der Waals surface area contributed by atoms with Gasteiger partial charge in [0.05, 0.1) is 0 Å². The van der Waals surface area contributed by atoms with Gasteiger partial charge in [0.2, 0.25) is 0 Å². The molecule has 1 atom stereocenters. The Morgan fingerprint density at radius 2 is 1.89 bits per heavy atom. The van der Waals surface area contributed by atoms with Crippen molar-refractivity contribution < 1.29 is 0 Å². The molecule has 0 aliphatic heterocycles. The molecule has 0 fully saturated rings. The Morgan fingerprint density at radius 3 is 2.50 bits per heavy atom. The first-order valence-electron chi connectivity index (χ1n) is 7.94. The fourth-order valence-corrected chi connectivity index (χ4v) is 2.42. The van der Waals surface area contributed by atoms with Gasteiger partial charge in [-0.05, 0) is 58.5 Å². The molecule has 0 aromatic carbocycles. The summed E-state index contributed by atoms with van der Waals surface area (Å²) in [4.78, 5) is 2.46. The number of hydrogen-bond acceptors (Lipinski definition) is 1. The Hall–Kier alpha value is -0.300. The first kappa shape index (κ1) is 17.7. The maximum atomic E-state index is 2.46. The van der Waals surface area contributed by atoms with Gasteiger partial charge in [-0.3, -0.25) is 0 Å². The standard InChI is InChI=1S/C17H35N/c1-6-8-9-10-11-16(3)12-13-17(4)15-18(5)14-7-2/h11,17H,6-10,12-15H2,1-5H3/b16-11+. The molecule has 18 heavy (non-hydrogen) atoms. The van der Waals surface area contributed by atoms with E-state index in [0.29, 0.717) is 0 Å². The van der Waals surface area contributed by atoms with Crippen LogP contribution in [0.2, 0.25) is 0 Å². The molecule has 108 valence electrons. The molecule has 0 aromatic heterocycles. The third kappa shape index (κ3) is 10.8. The zero-order valence-electron chi connectivity index (χ0n) is 13.5. The van der Waals surface area contributed by atoms with Crippen LogP contribution in [0, 0.1) is 5.92 Å². The zero-order chi connectivity index (χ0) is 13.8. The average Bonchev–Trinajstić information content (AvgIpc) is 2.32. The van der Waals surface area contributed by atoms with Crippen molar-refractivity contribution in [3.8, 4) is 0 Å². The maximum Gasteiger partial charge on any atom is 0.000408 e. The van der Waals surface area contributed by atoms with Crippen molar-refractivity contribution >= 4 is 0 Å². The molecule has 0 aliphatic rings. The third-order valence-corrected chi connectivity index (χ3v) is 3.56. The lowest BCUT2D eigenvalue weighted by atomic mass is 10.0. The zero-order valence-corrected chi connectivity index (χ0v) is 13.5. The van der Waals surface area contributed by atoms with Crippen molar-refractivity contribution in [2.75, 3.05) is 20.1 Å². The molecule has 0 radical (unpaired) electrons. The fraction of sp³-hybridized carbons (Fsp3) is 0.882. The number of rotatable bonds is 11. The number of unbranched alkanes of at least 4 members (excludes halogenated alkanes) is 3. The van der Waals surface area contributed by atoms with Gasteiger partial charge in [0.15, 0.2) is 0 Å². The van der Waals surface area contributed by atoms with E-state index < -0.39 is 0 Å². The summed E-state index contributed by atoms with van der Waals surface area (Å²) in [6.07, 6.45) is 11.7. The van der Waals surface area contributed by atoms with Gasteiger partial charge in [0, 0.05) is 6.54 Å². The van der Waals surface area contributed by atoms with Crippen molar-refractivity contribution in [2.24, 2.45) is 5.92 Å². The predicted molar refractivity (Wildman–Crippen MR) is 84.1 cm³/mol. The molecule has 0 amide bonds. The topological polar surface area (TPSA) is 3.24 Å². The van der Waals surface area contributed by atoms with Gasteiger partial charge in [0.1, 0.15) is 0 Å². The number of nitrogens with zero attached hydrogens (tertiary/aromatic N) is 1. The largest absolute Gasteiger partial charge is 0.306 e. The van der Waals surface area contributed by atoms with E-state index in [0.717, 1.165) is 5.92 Å². The predicted octanol–water partition coefficient (Wildman–Crippen LogP) is 5.27. The summed E-state index contributed by atoms with van der Waals surface area (Å²) in [6.45, 7) is 11.7. The van der Waals surface area contributed by atoms with Crippen LogP contribution in [0.5, 0.6) is 0 Å². The highest BCUT2D eigenvalue weighted by Crippen LogP contribution is 2.14. The van der Waals surface area contributed by atoms with Gasteiger partial charge >= 0.3 is 0 Å². The highest BCUT2D eigenvalue weighted by Gasteiger charge is 2.05. The van der Waals surface area contributed by atoms with Crippen LogP contribution in [0.3, 0.4) is 0 Å². The minimum Gasteiger partial charge on any atom is -0.306 e. The smallest absolute Gasteiger partial charge is 0.000408 e. The molecule has 0 spiro atoms. The molecule has 0 aromatic rings. The van der Waals surface area contributed by atoms with E-state index in [9.17, 15) is 0 Å². The van der Waals surface area contributed by atoms with E-state index in [4.69, 9.17) is 0 Å². The Bertz CT molecular complexity index is 208. The van der Waals surface area contributed by atoms with E-state index in [1.807, 2.05) is 0 Å². The number of hydrogen-bond donors (Lipinski definition) is 0. The second-order valence-corrected chi connectivity index (χ2v) is 5.95. The number of allylic oxidation sites excluding steroid dienone is 2. The molecular formula is C17H35N. The molecule has 0 aliphatic carbocycles. The lowest BCUT2D eigenvalue weighted by Gasteiger charge is -2.20. The average molecular weight is 253 g/mol. The van der Waals surface area contributed by atoms with Crippen molar-refractivity contribution in [1.29, 1.82) is 0 Å². The molecule has 1 nitrogen and oxygen atoms in total. The second kappa shape index (κ2) is 11.8. The molecule has 0 saturated carbocycles. The van der Waals surface area contributed by atoms with Crippen LogP contribution < -0.4 is 0 Å². The highest BCUT2D eigenvalue weighted by molar-refractivity contribution is 4.97. The lowest BCUT2D eigenvalue weighted by molar-refractivity contribution is 0.279. The SMILES string of the molecule is CCCCC/C=C(\C)CCC(C)CN(C)CCC. The molecule has 0 saturated heterocycles. The van der Waals surface area contributed by atoms with Gasteiger partial charge < -0.3 is 4.90 Å². The molecule has 0 rings (SSSR count). The summed E-state index contributed by atoms with van der Waals surface area (Å²) < 4.78 is 0. The van der Waals surface area contributed by atoms with Crippen LogP contribution in [0.25, 0.3) is 0 Å². The van der Waals surface area contributed by atoms with Crippen molar-refractivity contribution in [3.63, 3.8) is 0 Å². The molecule has 0 N–H and O–H groups in total. The van der Waals surface area contributed by atoms with Gasteiger partial charge in [-0.25, -0.2) is 0 Å². The first-order chi connectivity index (χ1) is 8.60. The lowest BCUT2D eigenvalue weighted by Crippen LogP contribution is -2.25. The Morgan fingerprint density at radius 1 is 1.17 bits per heavy atom. The molecule has 0 heterocycles. The monoisotopic (exact) mass is 253 g/mol. The van der Waals surface area contributed by atoms with Crippen molar-refractivity contribution in [2.45, 2.75) is 72.6 Å². The van der Waals surface area contributed by atoms with Gasteiger partial charge in [0.25, 0.3) is 0 Å². The highest BCUT2D eigenvalue weighted by atomic mass is 15.1. The Kier molecular flexibility index (Phi) is 11.6. The van der Waals surface area contributed by atoms with Crippen LogP contribution in [0.4, 0.5) is 0 Å². The van der Waals surface area contributed by atoms with Crippen LogP contribution in [-0.2, 0) is 0 Å². The van der Waals surface area contributed by atoms with Crippen LogP contribution >= 0.6 is 0 Å². The van der Waals surface area contributed by atoms with E-state index in [2.05, 4.69) is 45.7 Å². The first-order valence-corrected chi connectivity index (χ1v) is 7.94. The molecule has 1 heteroatoms. The van der Waals surface area contributed by atoms with Crippen LogP contribution in [0.15, 0.2) is 11.6 Å². The minimum absolute atomic E-state index is 0.820.